The lowest BCUT2D eigenvalue weighted by Crippen LogP contribution is -2.51. The summed E-state index contributed by atoms with van der Waals surface area (Å²) in [4.78, 5) is 42.1. The molecule has 0 radical (unpaired) electrons. The summed E-state index contributed by atoms with van der Waals surface area (Å²) in [6.45, 7) is -0.0278. The molecule has 5 rings (SSSR count). The summed E-state index contributed by atoms with van der Waals surface area (Å²) in [5.74, 6) is -0.403. The summed E-state index contributed by atoms with van der Waals surface area (Å²) in [6.07, 6.45) is 6.20. The number of benzene rings is 1. The normalized spacial score (nSPS) is 30.2. The smallest absolute Gasteiger partial charge is 0.255 e. The predicted octanol–water partition coefficient (Wildman–Crippen LogP) is 1.20. The molecule has 7 nitrogen and oxygen atoms in total. The Morgan fingerprint density at radius 1 is 1.14 bits per heavy atom. The molecule has 1 saturated carbocycles. The minimum atomic E-state index is -0.626. The van der Waals surface area contributed by atoms with Crippen LogP contribution in [0.4, 0.5) is 0 Å². The summed E-state index contributed by atoms with van der Waals surface area (Å²) >= 11 is 0. The number of nitrogens with one attached hydrogen (secondary N) is 2. The van der Waals surface area contributed by atoms with E-state index in [0.717, 1.165) is 31.2 Å². The van der Waals surface area contributed by atoms with Crippen LogP contribution < -0.4 is 10.6 Å². The predicted molar refractivity (Wildman–Crippen MR) is 107 cm³/mol. The van der Waals surface area contributed by atoms with Gasteiger partial charge in [0.2, 0.25) is 11.8 Å². The van der Waals surface area contributed by atoms with Crippen LogP contribution >= 0.6 is 0 Å². The third-order valence-electron chi connectivity index (χ3n) is 6.99. The van der Waals surface area contributed by atoms with Crippen LogP contribution in [-0.4, -0.2) is 65.3 Å². The summed E-state index contributed by atoms with van der Waals surface area (Å²) in [5.41, 5.74) is 1.35. The second-order valence-corrected chi connectivity index (χ2v) is 8.92. The van der Waals surface area contributed by atoms with Crippen LogP contribution in [0.2, 0.25) is 0 Å². The molecule has 1 aliphatic carbocycles. The molecule has 3 atom stereocenters. The van der Waals surface area contributed by atoms with Gasteiger partial charge < -0.3 is 20.4 Å². The van der Waals surface area contributed by atoms with Crippen molar-refractivity contribution in [3.63, 3.8) is 0 Å². The maximum absolute atomic E-state index is 13.0. The molecule has 3 amide bonds. The molecule has 4 aliphatic rings. The van der Waals surface area contributed by atoms with Crippen molar-refractivity contribution in [2.45, 2.75) is 68.7 Å². The number of likely N-dealkylation sites (N-methyl/N-ethyl adjacent to an activating group) is 1. The van der Waals surface area contributed by atoms with Crippen LogP contribution in [0.25, 0.3) is 0 Å². The van der Waals surface area contributed by atoms with Crippen molar-refractivity contribution < 1.29 is 14.4 Å². The lowest BCUT2D eigenvalue weighted by atomic mass is 9.98. The zero-order valence-corrected chi connectivity index (χ0v) is 16.8. The molecule has 0 spiro atoms. The third-order valence-corrected chi connectivity index (χ3v) is 6.99. The summed E-state index contributed by atoms with van der Waals surface area (Å²) in [5, 5.41) is 6.41. The molecule has 3 aliphatic heterocycles. The highest BCUT2D eigenvalue weighted by molar-refractivity contribution is 6.05. The number of hydrogen-bond acceptors (Lipinski definition) is 4. The van der Waals surface area contributed by atoms with Gasteiger partial charge in [-0.25, -0.2) is 0 Å². The SMILES string of the molecule is CN(C(=O)CNC(=O)C1c2ccccc2C(=O)N1C1CC1)C1CC2CCC(C1)N2. The summed E-state index contributed by atoms with van der Waals surface area (Å²) in [6, 6.07) is 8.07. The number of carbonyl (C=O) groups excluding carboxylic acids is 3. The molecular formula is C22H28N4O3. The Kier molecular flexibility index (Phi) is 4.57. The van der Waals surface area contributed by atoms with E-state index in [9.17, 15) is 14.4 Å². The zero-order chi connectivity index (χ0) is 20.1. The molecule has 154 valence electrons. The van der Waals surface area contributed by atoms with Crippen molar-refractivity contribution in [2.75, 3.05) is 13.6 Å². The number of hydrogen-bond donors (Lipinski definition) is 2. The van der Waals surface area contributed by atoms with Crippen molar-refractivity contribution in [1.29, 1.82) is 0 Å². The molecule has 3 unspecified atom stereocenters. The lowest BCUT2D eigenvalue weighted by molar-refractivity contribution is -0.135. The Bertz CT molecular complexity index is 840. The Balaban J connectivity index is 1.24. The van der Waals surface area contributed by atoms with E-state index in [4.69, 9.17) is 0 Å². The van der Waals surface area contributed by atoms with Gasteiger partial charge >= 0.3 is 0 Å². The molecule has 3 fully saturated rings. The highest BCUT2D eigenvalue weighted by Crippen LogP contribution is 2.41. The van der Waals surface area contributed by atoms with Gasteiger partial charge in [0.15, 0.2) is 0 Å². The minimum absolute atomic E-state index is 0.0278. The Morgan fingerprint density at radius 2 is 1.83 bits per heavy atom. The van der Waals surface area contributed by atoms with Gasteiger partial charge in [-0.3, -0.25) is 14.4 Å². The second-order valence-electron chi connectivity index (χ2n) is 8.92. The number of nitrogens with zero attached hydrogens (tertiary/aromatic N) is 2. The van der Waals surface area contributed by atoms with Crippen molar-refractivity contribution in [3.8, 4) is 0 Å². The number of piperidine rings is 1. The lowest BCUT2D eigenvalue weighted by Gasteiger charge is -2.35. The van der Waals surface area contributed by atoms with E-state index in [1.807, 2.05) is 25.2 Å². The Labute approximate surface area is 170 Å². The first-order valence-electron chi connectivity index (χ1n) is 10.7. The van der Waals surface area contributed by atoms with Crippen molar-refractivity contribution >= 4 is 17.7 Å². The van der Waals surface area contributed by atoms with Gasteiger partial charge in [-0.15, -0.1) is 0 Å². The molecular weight excluding hydrogens is 368 g/mol. The third kappa shape index (κ3) is 3.31. The van der Waals surface area contributed by atoms with Crippen LogP contribution in [0.3, 0.4) is 0 Å². The quantitative estimate of drug-likeness (QED) is 0.784. The molecule has 2 saturated heterocycles. The first-order chi connectivity index (χ1) is 14.0. The molecule has 29 heavy (non-hydrogen) atoms. The first-order valence-corrected chi connectivity index (χ1v) is 10.7. The average Bonchev–Trinajstić information content (AvgIpc) is 3.46. The van der Waals surface area contributed by atoms with Gasteiger partial charge in [0.1, 0.15) is 6.04 Å². The van der Waals surface area contributed by atoms with Crippen LogP contribution in [0.5, 0.6) is 0 Å². The summed E-state index contributed by atoms with van der Waals surface area (Å²) < 4.78 is 0. The fourth-order valence-electron chi connectivity index (χ4n) is 5.26. The highest BCUT2D eigenvalue weighted by atomic mass is 16.2. The standard InChI is InChI=1S/C22H28N4O3/c1-25(16-10-13-6-7-14(11-16)24-13)19(27)12-23-21(28)20-17-4-2-3-5-18(17)22(29)26(20)15-8-9-15/h2-5,13-16,20,24H,6-12H2,1H3,(H,23,28). The van der Waals surface area contributed by atoms with E-state index in [1.54, 1.807) is 15.9 Å². The number of rotatable bonds is 5. The van der Waals surface area contributed by atoms with Crippen molar-refractivity contribution in [3.05, 3.63) is 35.4 Å². The van der Waals surface area contributed by atoms with Crippen LogP contribution in [0.15, 0.2) is 24.3 Å². The highest BCUT2D eigenvalue weighted by Gasteiger charge is 2.47. The zero-order valence-electron chi connectivity index (χ0n) is 16.8. The average molecular weight is 396 g/mol. The van der Waals surface area contributed by atoms with Gasteiger partial charge in [0.25, 0.3) is 5.91 Å². The first kappa shape index (κ1) is 18.6. The fraction of sp³-hybridized carbons (Fsp3) is 0.591. The maximum atomic E-state index is 13.0. The van der Waals surface area contributed by atoms with Gasteiger partial charge in [-0.1, -0.05) is 18.2 Å². The van der Waals surface area contributed by atoms with E-state index in [-0.39, 0.29) is 36.3 Å². The molecule has 3 heterocycles. The number of carbonyl (C=O) groups is 3. The van der Waals surface area contributed by atoms with E-state index in [2.05, 4.69) is 10.6 Å². The minimum Gasteiger partial charge on any atom is -0.345 e. The van der Waals surface area contributed by atoms with Gasteiger partial charge in [-0.2, -0.15) is 0 Å². The second kappa shape index (κ2) is 7.13. The van der Waals surface area contributed by atoms with Crippen LogP contribution in [-0.2, 0) is 9.59 Å². The van der Waals surface area contributed by atoms with Gasteiger partial charge in [-0.05, 0) is 50.2 Å². The molecule has 7 heteroatoms. The molecule has 1 aromatic carbocycles. The monoisotopic (exact) mass is 396 g/mol. The molecule has 2 N–H and O–H groups in total. The molecule has 2 bridgehead atoms. The Hall–Kier alpha value is -2.41. The van der Waals surface area contributed by atoms with E-state index in [0.29, 0.717) is 17.6 Å². The van der Waals surface area contributed by atoms with Crippen LogP contribution in [0.1, 0.15) is 60.5 Å². The fourth-order valence-corrected chi connectivity index (χ4v) is 5.26. The maximum Gasteiger partial charge on any atom is 0.255 e. The van der Waals surface area contributed by atoms with Gasteiger partial charge in [0.05, 0.1) is 6.54 Å². The van der Waals surface area contributed by atoms with Crippen molar-refractivity contribution in [2.24, 2.45) is 0 Å². The van der Waals surface area contributed by atoms with Crippen molar-refractivity contribution in [1.82, 2.24) is 20.4 Å². The summed E-state index contributed by atoms with van der Waals surface area (Å²) in [7, 11) is 1.84. The topological polar surface area (TPSA) is 81.8 Å². The van der Waals surface area contributed by atoms with Crippen LogP contribution in [0, 0.1) is 0 Å². The van der Waals surface area contributed by atoms with E-state index < -0.39 is 6.04 Å². The Morgan fingerprint density at radius 3 is 2.52 bits per heavy atom. The largest absolute Gasteiger partial charge is 0.345 e. The number of fused-ring (bicyclic) bond motifs is 3. The number of amides is 3. The van der Waals surface area contributed by atoms with E-state index in [1.165, 1.54) is 12.8 Å². The molecule has 0 aromatic heterocycles. The van der Waals surface area contributed by atoms with Gasteiger partial charge in [0, 0.05) is 36.8 Å². The molecule has 1 aromatic rings. The van der Waals surface area contributed by atoms with E-state index >= 15 is 0 Å².